The van der Waals surface area contributed by atoms with E-state index in [-0.39, 0.29) is 0 Å². The van der Waals surface area contributed by atoms with E-state index in [9.17, 15) is 0 Å². The summed E-state index contributed by atoms with van der Waals surface area (Å²) in [6, 6.07) is 1.28. The van der Waals surface area contributed by atoms with E-state index in [2.05, 4.69) is 25.7 Å². The first kappa shape index (κ1) is 12.4. The van der Waals surface area contributed by atoms with Crippen molar-refractivity contribution in [1.82, 2.24) is 4.90 Å². The Labute approximate surface area is 101 Å². The molecule has 2 N–H and O–H groups in total. The number of hydrogen-bond acceptors (Lipinski definition) is 2. The maximum atomic E-state index is 6.10. The highest BCUT2D eigenvalue weighted by molar-refractivity contribution is 4.88. The van der Waals surface area contributed by atoms with Crippen LogP contribution in [0.25, 0.3) is 0 Å². The molecule has 2 nitrogen and oxygen atoms in total. The van der Waals surface area contributed by atoms with Gasteiger partial charge < -0.3 is 5.73 Å². The summed E-state index contributed by atoms with van der Waals surface area (Å²) in [6.45, 7) is 9.62. The summed E-state index contributed by atoms with van der Waals surface area (Å²) in [4.78, 5) is 2.73. The molecular formula is C14H28N2. The van der Waals surface area contributed by atoms with Gasteiger partial charge in [-0.05, 0) is 50.0 Å². The Kier molecular flexibility index (Phi) is 3.91. The van der Waals surface area contributed by atoms with Crippen LogP contribution in [0, 0.1) is 17.8 Å². The highest BCUT2D eigenvalue weighted by Crippen LogP contribution is 2.33. The molecule has 16 heavy (non-hydrogen) atoms. The van der Waals surface area contributed by atoms with Crippen molar-refractivity contribution in [2.24, 2.45) is 23.5 Å². The molecule has 2 aliphatic rings. The first-order chi connectivity index (χ1) is 7.58. The Morgan fingerprint density at radius 1 is 1.00 bits per heavy atom. The van der Waals surface area contributed by atoms with Gasteiger partial charge in [0.1, 0.15) is 0 Å². The minimum atomic E-state index is 0.439. The lowest BCUT2D eigenvalue weighted by Gasteiger charge is -2.45. The molecule has 0 aromatic carbocycles. The average Bonchev–Trinajstić information content (AvgIpc) is 2.22. The molecule has 0 amide bonds. The van der Waals surface area contributed by atoms with E-state index in [4.69, 9.17) is 5.73 Å². The van der Waals surface area contributed by atoms with Gasteiger partial charge in [0.2, 0.25) is 0 Å². The van der Waals surface area contributed by atoms with Gasteiger partial charge in [-0.3, -0.25) is 4.90 Å². The van der Waals surface area contributed by atoms with Gasteiger partial charge in [0.05, 0.1) is 0 Å². The summed E-state index contributed by atoms with van der Waals surface area (Å²) in [5, 5.41) is 0. The number of nitrogens with zero attached hydrogens (tertiary/aromatic N) is 1. The van der Waals surface area contributed by atoms with E-state index in [1.807, 2.05) is 0 Å². The summed E-state index contributed by atoms with van der Waals surface area (Å²) in [7, 11) is 0. The number of likely N-dealkylation sites (tertiary alicyclic amines) is 1. The maximum absolute atomic E-state index is 6.10. The van der Waals surface area contributed by atoms with Crippen molar-refractivity contribution in [1.29, 1.82) is 0 Å². The van der Waals surface area contributed by atoms with Gasteiger partial charge >= 0.3 is 0 Å². The van der Waals surface area contributed by atoms with Crippen LogP contribution in [0.3, 0.4) is 0 Å². The molecule has 0 aromatic heterocycles. The fourth-order valence-corrected chi connectivity index (χ4v) is 3.69. The number of rotatable bonds is 1. The fraction of sp³-hybridized carbons (Fsp3) is 1.00. The molecule has 0 spiro atoms. The first-order valence-corrected chi connectivity index (χ1v) is 7.07. The second-order valence-corrected chi connectivity index (χ2v) is 6.39. The van der Waals surface area contributed by atoms with Crippen molar-refractivity contribution >= 4 is 0 Å². The van der Waals surface area contributed by atoms with Crippen LogP contribution in [0.5, 0.6) is 0 Å². The van der Waals surface area contributed by atoms with Crippen LogP contribution in [0.2, 0.25) is 0 Å². The molecule has 5 unspecified atom stereocenters. The molecule has 5 atom stereocenters. The van der Waals surface area contributed by atoms with Gasteiger partial charge in [-0.2, -0.15) is 0 Å². The molecule has 0 aromatic rings. The molecule has 2 heteroatoms. The van der Waals surface area contributed by atoms with Crippen molar-refractivity contribution in [3.63, 3.8) is 0 Å². The molecule has 94 valence electrons. The Balaban J connectivity index is 1.92. The van der Waals surface area contributed by atoms with E-state index < -0.39 is 0 Å². The summed E-state index contributed by atoms with van der Waals surface area (Å²) in [5.41, 5.74) is 6.10. The average molecular weight is 224 g/mol. The van der Waals surface area contributed by atoms with Gasteiger partial charge in [-0.25, -0.2) is 0 Å². The summed E-state index contributed by atoms with van der Waals surface area (Å²) >= 11 is 0. The monoisotopic (exact) mass is 224 g/mol. The van der Waals surface area contributed by atoms with E-state index in [1.54, 1.807) is 0 Å². The van der Waals surface area contributed by atoms with Gasteiger partial charge in [0, 0.05) is 18.6 Å². The van der Waals surface area contributed by atoms with Crippen LogP contribution in [0.4, 0.5) is 0 Å². The predicted molar refractivity (Wildman–Crippen MR) is 69.3 cm³/mol. The maximum Gasteiger partial charge on any atom is 0.0121 e. The third kappa shape index (κ3) is 2.60. The SMILES string of the molecule is CC1CCC(N2CCC(N)C(C)C2)C(C)C1. The van der Waals surface area contributed by atoms with Crippen molar-refractivity contribution in [2.75, 3.05) is 13.1 Å². The first-order valence-electron chi connectivity index (χ1n) is 7.07. The molecular weight excluding hydrogens is 196 g/mol. The highest BCUT2D eigenvalue weighted by Gasteiger charge is 2.33. The van der Waals surface area contributed by atoms with Crippen LogP contribution in [-0.2, 0) is 0 Å². The van der Waals surface area contributed by atoms with Crippen LogP contribution < -0.4 is 5.73 Å². The van der Waals surface area contributed by atoms with Crippen LogP contribution in [0.1, 0.15) is 46.5 Å². The lowest BCUT2D eigenvalue weighted by atomic mass is 9.78. The molecule has 1 heterocycles. The topological polar surface area (TPSA) is 29.3 Å². The zero-order valence-electron chi connectivity index (χ0n) is 11.2. The van der Waals surface area contributed by atoms with E-state index in [0.29, 0.717) is 12.0 Å². The van der Waals surface area contributed by atoms with E-state index in [0.717, 1.165) is 17.9 Å². The number of hydrogen-bond donors (Lipinski definition) is 1. The number of piperidine rings is 1. The zero-order chi connectivity index (χ0) is 11.7. The summed E-state index contributed by atoms with van der Waals surface area (Å²) in [6.07, 6.45) is 5.44. The largest absolute Gasteiger partial charge is 0.327 e. The molecule has 2 rings (SSSR count). The fourth-order valence-electron chi connectivity index (χ4n) is 3.69. The Hall–Kier alpha value is -0.0800. The van der Waals surface area contributed by atoms with Crippen LogP contribution in [0.15, 0.2) is 0 Å². The number of nitrogens with two attached hydrogens (primary N) is 1. The van der Waals surface area contributed by atoms with Crippen molar-refractivity contribution in [2.45, 2.75) is 58.5 Å². The van der Waals surface area contributed by atoms with Gasteiger partial charge in [-0.1, -0.05) is 20.8 Å². The second kappa shape index (κ2) is 5.05. The minimum Gasteiger partial charge on any atom is -0.327 e. The van der Waals surface area contributed by atoms with Gasteiger partial charge in [0.25, 0.3) is 0 Å². The third-order valence-corrected chi connectivity index (χ3v) is 4.86. The standard InChI is InChI=1S/C14H28N2/c1-10-4-5-14(11(2)8-10)16-7-6-13(15)12(3)9-16/h10-14H,4-9,15H2,1-3H3. The van der Waals surface area contributed by atoms with Crippen LogP contribution >= 0.6 is 0 Å². The molecule has 0 radical (unpaired) electrons. The summed E-state index contributed by atoms with van der Waals surface area (Å²) < 4.78 is 0. The van der Waals surface area contributed by atoms with Gasteiger partial charge in [-0.15, -0.1) is 0 Å². The minimum absolute atomic E-state index is 0.439. The molecule has 1 aliphatic heterocycles. The third-order valence-electron chi connectivity index (χ3n) is 4.86. The zero-order valence-corrected chi connectivity index (χ0v) is 11.2. The lowest BCUT2D eigenvalue weighted by Crippen LogP contribution is -2.52. The Bertz CT molecular complexity index is 229. The molecule has 1 aliphatic carbocycles. The van der Waals surface area contributed by atoms with E-state index >= 15 is 0 Å². The normalized spacial score (nSPS) is 46.9. The lowest BCUT2D eigenvalue weighted by molar-refractivity contribution is 0.0520. The van der Waals surface area contributed by atoms with Crippen molar-refractivity contribution in [3.05, 3.63) is 0 Å². The van der Waals surface area contributed by atoms with Gasteiger partial charge in [0.15, 0.2) is 0 Å². The second-order valence-electron chi connectivity index (χ2n) is 6.39. The molecule has 2 fully saturated rings. The Morgan fingerprint density at radius 3 is 2.38 bits per heavy atom. The smallest absolute Gasteiger partial charge is 0.0121 e. The highest BCUT2D eigenvalue weighted by atomic mass is 15.2. The predicted octanol–water partition coefficient (Wildman–Crippen LogP) is 2.48. The van der Waals surface area contributed by atoms with Crippen molar-refractivity contribution < 1.29 is 0 Å². The van der Waals surface area contributed by atoms with E-state index in [1.165, 1.54) is 38.8 Å². The summed E-state index contributed by atoms with van der Waals surface area (Å²) in [5.74, 6) is 2.50. The molecule has 1 saturated carbocycles. The van der Waals surface area contributed by atoms with Crippen molar-refractivity contribution in [3.8, 4) is 0 Å². The molecule has 0 bridgehead atoms. The molecule has 1 saturated heterocycles. The quantitative estimate of drug-likeness (QED) is 0.741. The van der Waals surface area contributed by atoms with Crippen LogP contribution in [-0.4, -0.2) is 30.1 Å². The Morgan fingerprint density at radius 2 is 1.75 bits per heavy atom.